The van der Waals surface area contributed by atoms with Gasteiger partial charge in [-0.05, 0) is 6.92 Å². The van der Waals surface area contributed by atoms with Gasteiger partial charge in [0.2, 0.25) is 6.04 Å². The van der Waals surface area contributed by atoms with Gasteiger partial charge < -0.3 is 10.0 Å². The van der Waals surface area contributed by atoms with Gasteiger partial charge in [-0.1, -0.05) is 0 Å². The number of carboxylic acids is 1. The van der Waals surface area contributed by atoms with Gasteiger partial charge in [0.05, 0.1) is 6.54 Å². The van der Waals surface area contributed by atoms with Crippen LogP contribution in [-0.2, 0) is 4.79 Å². The van der Waals surface area contributed by atoms with Crippen molar-refractivity contribution in [1.29, 1.82) is 0 Å². The van der Waals surface area contributed by atoms with Crippen LogP contribution in [0.3, 0.4) is 0 Å². The van der Waals surface area contributed by atoms with Crippen LogP contribution in [0.2, 0.25) is 0 Å². The molecule has 0 aromatic rings. The van der Waals surface area contributed by atoms with Crippen molar-refractivity contribution < 1.29 is 14.8 Å². The van der Waals surface area contributed by atoms with Crippen LogP contribution in [-0.4, -0.2) is 30.2 Å². The third-order valence-corrected chi connectivity index (χ3v) is 1.55. The molecule has 3 heteroatoms. The zero-order chi connectivity index (χ0) is 6.15. The molecule has 2 atom stereocenters. The second-order valence-electron chi connectivity index (χ2n) is 2.11. The van der Waals surface area contributed by atoms with Crippen LogP contribution in [0.4, 0.5) is 0 Å². The number of rotatable bonds is 2. The van der Waals surface area contributed by atoms with Gasteiger partial charge in [0.25, 0.3) is 0 Å². The second kappa shape index (κ2) is 1.74. The van der Waals surface area contributed by atoms with E-state index in [-0.39, 0.29) is 6.04 Å². The second-order valence-corrected chi connectivity index (χ2v) is 2.11. The fraction of sp³-hybridized carbons (Fsp3) is 0.800. The van der Waals surface area contributed by atoms with Gasteiger partial charge in [0, 0.05) is 0 Å². The van der Waals surface area contributed by atoms with E-state index in [1.54, 1.807) is 0 Å². The average Bonchev–Trinajstić information content (AvgIpc) is 2.42. The van der Waals surface area contributed by atoms with Gasteiger partial charge in [-0.3, -0.25) is 0 Å². The van der Waals surface area contributed by atoms with E-state index >= 15 is 0 Å². The minimum Gasteiger partial charge on any atom is -0.477 e. The number of carbonyl (C=O) groups is 1. The van der Waals surface area contributed by atoms with E-state index in [0.717, 1.165) is 13.1 Å². The molecule has 1 heterocycles. The fourth-order valence-electron chi connectivity index (χ4n) is 0.856. The van der Waals surface area contributed by atoms with Gasteiger partial charge in [-0.2, -0.15) is 0 Å². The Kier molecular flexibility index (Phi) is 1.21. The topological polar surface area (TPSA) is 41.7 Å². The molecule has 1 aliphatic heterocycles. The molecule has 2 N–H and O–H groups in total. The zero-order valence-corrected chi connectivity index (χ0v) is 4.85. The number of nitrogens with one attached hydrogen (secondary N) is 1. The van der Waals surface area contributed by atoms with E-state index in [1.165, 1.54) is 4.90 Å². The maximum Gasteiger partial charge on any atom is 0.368 e. The highest BCUT2D eigenvalue weighted by Gasteiger charge is 2.45. The molecular formula is C5H10NO2+. The summed E-state index contributed by atoms with van der Waals surface area (Å²) >= 11 is 0. The van der Waals surface area contributed by atoms with Crippen LogP contribution >= 0.6 is 0 Å². The lowest BCUT2D eigenvalue weighted by Crippen LogP contribution is -2.94. The highest BCUT2D eigenvalue weighted by Crippen LogP contribution is 1.85. The van der Waals surface area contributed by atoms with Crippen molar-refractivity contribution in [2.45, 2.75) is 13.0 Å². The Hall–Kier alpha value is -0.570. The Morgan fingerprint density at radius 2 is 2.62 bits per heavy atom. The number of aliphatic carboxylic acids is 1. The summed E-state index contributed by atoms with van der Waals surface area (Å²) in [7, 11) is 0. The van der Waals surface area contributed by atoms with E-state index in [4.69, 9.17) is 5.11 Å². The minimum atomic E-state index is -0.651. The Morgan fingerprint density at radius 1 is 2.00 bits per heavy atom. The van der Waals surface area contributed by atoms with Gasteiger partial charge >= 0.3 is 5.97 Å². The number of likely N-dealkylation sites (N-methyl/N-ethyl adjacent to an activating group) is 1. The van der Waals surface area contributed by atoms with Crippen molar-refractivity contribution >= 4 is 5.97 Å². The number of hydrogen-bond acceptors (Lipinski definition) is 1. The molecule has 1 aliphatic rings. The highest BCUT2D eigenvalue weighted by molar-refractivity contribution is 5.73. The van der Waals surface area contributed by atoms with E-state index in [1.807, 2.05) is 6.92 Å². The summed E-state index contributed by atoms with van der Waals surface area (Å²) in [5.41, 5.74) is 0. The molecule has 2 unspecified atom stereocenters. The molecule has 0 amide bonds. The summed E-state index contributed by atoms with van der Waals surface area (Å²) < 4.78 is 0. The van der Waals surface area contributed by atoms with Crippen LogP contribution < -0.4 is 4.90 Å². The van der Waals surface area contributed by atoms with Crippen LogP contribution in [0.1, 0.15) is 6.92 Å². The van der Waals surface area contributed by atoms with E-state index in [9.17, 15) is 4.79 Å². The smallest absolute Gasteiger partial charge is 0.368 e. The minimum absolute atomic E-state index is 0.0833. The Labute approximate surface area is 47.9 Å². The summed E-state index contributed by atoms with van der Waals surface area (Å²) in [5, 5.41) is 8.33. The lowest BCUT2D eigenvalue weighted by molar-refractivity contribution is -0.766. The molecule has 0 bridgehead atoms. The summed E-state index contributed by atoms with van der Waals surface area (Å²) in [6.07, 6.45) is 0. The molecule has 0 radical (unpaired) electrons. The van der Waals surface area contributed by atoms with Crippen LogP contribution in [0.25, 0.3) is 0 Å². The molecule has 1 saturated heterocycles. The summed E-state index contributed by atoms with van der Waals surface area (Å²) in [6.45, 7) is 3.76. The van der Waals surface area contributed by atoms with E-state index < -0.39 is 5.97 Å². The molecule has 1 rings (SSSR count). The molecular weight excluding hydrogens is 106 g/mol. The first-order valence-electron chi connectivity index (χ1n) is 2.83. The van der Waals surface area contributed by atoms with Crippen molar-refractivity contribution in [3.8, 4) is 0 Å². The normalized spacial score (nSPS) is 34.6. The molecule has 1 fully saturated rings. The zero-order valence-electron chi connectivity index (χ0n) is 4.85. The van der Waals surface area contributed by atoms with Gasteiger partial charge in [-0.15, -0.1) is 0 Å². The highest BCUT2D eigenvalue weighted by atomic mass is 16.4. The maximum absolute atomic E-state index is 10.1. The van der Waals surface area contributed by atoms with E-state index in [2.05, 4.69) is 0 Å². The molecule has 0 saturated carbocycles. The Morgan fingerprint density at radius 3 is 2.75 bits per heavy atom. The van der Waals surface area contributed by atoms with Crippen molar-refractivity contribution in [2.24, 2.45) is 0 Å². The van der Waals surface area contributed by atoms with Crippen molar-refractivity contribution in [2.75, 3.05) is 13.1 Å². The summed E-state index contributed by atoms with van der Waals surface area (Å²) in [4.78, 5) is 11.3. The fourth-order valence-corrected chi connectivity index (χ4v) is 0.856. The molecule has 3 nitrogen and oxygen atoms in total. The molecule has 0 aromatic heterocycles. The third-order valence-electron chi connectivity index (χ3n) is 1.55. The SMILES string of the molecule is CC[NH+]1CC1C(=O)O. The van der Waals surface area contributed by atoms with Crippen molar-refractivity contribution in [3.63, 3.8) is 0 Å². The average molecular weight is 116 g/mol. The van der Waals surface area contributed by atoms with Crippen LogP contribution in [0.15, 0.2) is 0 Å². The van der Waals surface area contributed by atoms with Gasteiger partial charge in [0.1, 0.15) is 6.54 Å². The lowest BCUT2D eigenvalue weighted by Gasteiger charge is -1.86. The molecule has 0 aliphatic carbocycles. The third kappa shape index (κ3) is 0.816. The number of hydrogen-bond donors (Lipinski definition) is 2. The molecule has 8 heavy (non-hydrogen) atoms. The standard InChI is InChI=1S/C5H9NO2/c1-2-6-3-4(6)5(7)8/h4H,2-3H2,1H3,(H,7,8)/p+1. The lowest BCUT2D eigenvalue weighted by atomic mass is 10.5. The van der Waals surface area contributed by atoms with Crippen molar-refractivity contribution in [3.05, 3.63) is 0 Å². The van der Waals surface area contributed by atoms with Gasteiger partial charge in [-0.25, -0.2) is 4.79 Å². The first-order valence-corrected chi connectivity index (χ1v) is 2.83. The first kappa shape index (κ1) is 5.56. The predicted molar refractivity (Wildman–Crippen MR) is 27.8 cm³/mol. The quantitative estimate of drug-likeness (QED) is 0.425. The molecule has 46 valence electrons. The Bertz CT molecular complexity index is 113. The van der Waals surface area contributed by atoms with Crippen LogP contribution in [0.5, 0.6) is 0 Å². The number of quaternary nitrogens is 1. The van der Waals surface area contributed by atoms with E-state index in [0.29, 0.717) is 0 Å². The monoisotopic (exact) mass is 116 g/mol. The van der Waals surface area contributed by atoms with Crippen molar-refractivity contribution in [1.82, 2.24) is 0 Å². The number of carboxylic acid groups (broad SMARTS) is 1. The van der Waals surface area contributed by atoms with Gasteiger partial charge in [0.15, 0.2) is 0 Å². The molecule has 0 aromatic carbocycles. The first-order chi connectivity index (χ1) is 3.75. The summed E-state index contributed by atoms with van der Waals surface area (Å²) in [6, 6.07) is -0.0833. The Balaban J connectivity index is 2.26. The summed E-state index contributed by atoms with van der Waals surface area (Å²) in [5.74, 6) is -0.651. The predicted octanol–water partition coefficient (Wildman–Crippen LogP) is -1.64. The van der Waals surface area contributed by atoms with Crippen LogP contribution in [0, 0.1) is 0 Å². The maximum atomic E-state index is 10.1. The largest absolute Gasteiger partial charge is 0.477 e. The molecule has 0 spiro atoms.